The third-order valence-corrected chi connectivity index (χ3v) is 2.64. The van der Waals surface area contributed by atoms with Gasteiger partial charge in [0.05, 0.1) is 5.56 Å². The Kier molecular flexibility index (Phi) is 2.05. The van der Waals surface area contributed by atoms with Gasteiger partial charge < -0.3 is 5.73 Å². The van der Waals surface area contributed by atoms with Gasteiger partial charge in [-0.2, -0.15) is 13.2 Å². The van der Waals surface area contributed by atoms with E-state index in [1.54, 1.807) is 0 Å². The Labute approximate surface area is 83.9 Å². The molecule has 2 N–H and O–H groups in total. The Morgan fingerprint density at radius 1 is 1.20 bits per heavy atom. The van der Waals surface area contributed by atoms with Gasteiger partial charge in [0.25, 0.3) is 0 Å². The zero-order chi connectivity index (χ0) is 11.3. The Hall–Kier alpha value is -1.10. The number of halogens is 4. The van der Waals surface area contributed by atoms with Crippen molar-refractivity contribution in [2.45, 2.75) is 24.3 Å². The fraction of sp³-hybridized carbons (Fsp3) is 0.400. The van der Waals surface area contributed by atoms with Crippen molar-refractivity contribution in [1.29, 1.82) is 0 Å². The van der Waals surface area contributed by atoms with E-state index in [9.17, 15) is 17.6 Å². The SMILES string of the molecule is N[C@H]1C[C@@]1(F)c1ccc(C(F)(F)F)cc1. The number of hydrogen-bond acceptors (Lipinski definition) is 1. The first kappa shape index (κ1) is 10.4. The van der Waals surface area contributed by atoms with E-state index in [1.165, 1.54) is 0 Å². The predicted molar refractivity (Wildman–Crippen MR) is 46.8 cm³/mol. The highest BCUT2D eigenvalue weighted by molar-refractivity contribution is 5.35. The van der Waals surface area contributed by atoms with E-state index < -0.39 is 23.5 Å². The molecule has 1 aromatic carbocycles. The van der Waals surface area contributed by atoms with Crippen LogP contribution in [0.3, 0.4) is 0 Å². The lowest BCUT2D eigenvalue weighted by atomic mass is 10.1. The van der Waals surface area contributed by atoms with Crippen molar-refractivity contribution in [3.63, 3.8) is 0 Å². The topological polar surface area (TPSA) is 26.0 Å². The lowest BCUT2D eigenvalue weighted by molar-refractivity contribution is -0.137. The summed E-state index contributed by atoms with van der Waals surface area (Å²) in [5.41, 5.74) is 3.19. The molecule has 1 aromatic rings. The van der Waals surface area contributed by atoms with E-state index in [4.69, 9.17) is 5.73 Å². The molecule has 1 aliphatic rings. The Bertz CT molecular complexity index is 370. The van der Waals surface area contributed by atoms with Gasteiger partial charge in [0, 0.05) is 12.5 Å². The summed E-state index contributed by atoms with van der Waals surface area (Å²) in [6.45, 7) is 0. The first-order valence-electron chi connectivity index (χ1n) is 4.46. The van der Waals surface area contributed by atoms with Gasteiger partial charge in [0.1, 0.15) is 0 Å². The van der Waals surface area contributed by atoms with Crippen molar-refractivity contribution in [3.8, 4) is 0 Å². The van der Waals surface area contributed by atoms with Crippen LogP contribution in [0.25, 0.3) is 0 Å². The number of rotatable bonds is 1. The lowest BCUT2D eigenvalue weighted by Gasteiger charge is -2.09. The predicted octanol–water partition coefficient (Wildman–Crippen LogP) is 2.60. The molecule has 0 amide bonds. The molecular formula is C10H9F4N. The maximum atomic E-state index is 13.6. The zero-order valence-electron chi connectivity index (χ0n) is 7.68. The van der Waals surface area contributed by atoms with Gasteiger partial charge in [-0.3, -0.25) is 0 Å². The van der Waals surface area contributed by atoms with Crippen LogP contribution in [0.5, 0.6) is 0 Å². The van der Waals surface area contributed by atoms with Crippen molar-refractivity contribution >= 4 is 0 Å². The fourth-order valence-electron chi connectivity index (χ4n) is 1.53. The molecule has 0 radical (unpaired) electrons. The largest absolute Gasteiger partial charge is 0.416 e. The van der Waals surface area contributed by atoms with Crippen LogP contribution in [-0.2, 0) is 11.8 Å². The molecule has 15 heavy (non-hydrogen) atoms. The fourth-order valence-corrected chi connectivity index (χ4v) is 1.53. The highest BCUT2D eigenvalue weighted by Crippen LogP contribution is 2.48. The average Bonchev–Trinajstić information content (AvgIpc) is 2.75. The molecule has 5 heteroatoms. The molecule has 1 saturated carbocycles. The van der Waals surface area contributed by atoms with Crippen molar-refractivity contribution in [2.75, 3.05) is 0 Å². The highest BCUT2D eigenvalue weighted by Gasteiger charge is 2.54. The van der Waals surface area contributed by atoms with Crippen molar-refractivity contribution in [2.24, 2.45) is 5.73 Å². The molecule has 1 fully saturated rings. The van der Waals surface area contributed by atoms with Crippen LogP contribution in [0, 0.1) is 0 Å². The first-order chi connectivity index (χ1) is 6.84. The summed E-state index contributed by atoms with van der Waals surface area (Å²) in [7, 11) is 0. The molecule has 1 nitrogen and oxygen atoms in total. The van der Waals surface area contributed by atoms with Gasteiger partial charge in [-0.1, -0.05) is 12.1 Å². The number of alkyl halides is 4. The molecule has 0 aromatic heterocycles. The van der Waals surface area contributed by atoms with Gasteiger partial charge in [0.2, 0.25) is 0 Å². The van der Waals surface area contributed by atoms with E-state index in [1.807, 2.05) is 0 Å². The monoisotopic (exact) mass is 219 g/mol. The third kappa shape index (κ3) is 1.71. The van der Waals surface area contributed by atoms with Gasteiger partial charge in [-0.25, -0.2) is 4.39 Å². The lowest BCUT2D eigenvalue weighted by Crippen LogP contribution is -2.13. The van der Waals surface area contributed by atoms with Crippen LogP contribution in [0.1, 0.15) is 17.5 Å². The molecule has 0 saturated heterocycles. The summed E-state index contributed by atoms with van der Waals surface area (Å²) in [6.07, 6.45) is -4.20. The van der Waals surface area contributed by atoms with E-state index in [2.05, 4.69) is 0 Å². The van der Waals surface area contributed by atoms with Crippen LogP contribution in [0.2, 0.25) is 0 Å². The molecule has 0 spiro atoms. The van der Waals surface area contributed by atoms with E-state index in [-0.39, 0.29) is 12.0 Å². The summed E-state index contributed by atoms with van der Waals surface area (Å²) < 4.78 is 50.2. The first-order valence-corrected chi connectivity index (χ1v) is 4.46. The second kappa shape index (κ2) is 2.95. The maximum absolute atomic E-state index is 13.6. The van der Waals surface area contributed by atoms with E-state index in [0.29, 0.717) is 0 Å². The summed E-state index contributed by atoms with van der Waals surface area (Å²) >= 11 is 0. The van der Waals surface area contributed by atoms with Gasteiger partial charge >= 0.3 is 6.18 Å². The second-order valence-corrected chi connectivity index (χ2v) is 3.75. The van der Waals surface area contributed by atoms with Crippen LogP contribution in [0.4, 0.5) is 17.6 Å². The molecule has 1 aliphatic carbocycles. The van der Waals surface area contributed by atoms with Crippen molar-refractivity contribution < 1.29 is 17.6 Å². The summed E-state index contributed by atoms with van der Waals surface area (Å²) in [6, 6.07) is 3.46. The standard InChI is InChI=1S/C10H9F4N/c11-9(5-8(9)15)6-1-3-7(4-2-6)10(12,13)14/h1-4,8H,5,15H2/t8-,9+/m0/s1. The molecule has 2 rings (SSSR count). The molecule has 0 aliphatic heterocycles. The van der Waals surface area contributed by atoms with Crippen LogP contribution in [-0.4, -0.2) is 6.04 Å². The molecular weight excluding hydrogens is 210 g/mol. The van der Waals surface area contributed by atoms with E-state index >= 15 is 0 Å². The second-order valence-electron chi connectivity index (χ2n) is 3.75. The number of hydrogen-bond donors (Lipinski definition) is 1. The van der Waals surface area contributed by atoms with E-state index in [0.717, 1.165) is 24.3 Å². The summed E-state index contributed by atoms with van der Waals surface area (Å²) in [5, 5.41) is 0. The third-order valence-electron chi connectivity index (χ3n) is 2.64. The Morgan fingerprint density at radius 2 is 1.67 bits per heavy atom. The Balaban J connectivity index is 2.26. The number of nitrogens with two attached hydrogens (primary N) is 1. The summed E-state index contributed by atoms with van der Waals surface area (Å²) in [4.78, 5) is 0. The zero-order valence-corrected chi connectivity index (χ0v) is 7.68. The van der Waals surface area contributed by atoms with Crippen molar-refractivity contribution in [1.82, 2.24) is 0 Å². The molecule has 0 unspecified atom stereocenters. The van der Waals surface area contributed by atoms with Crippen LogP contribution in [0.15, 0.2) is 24.3 Å². The quantitative estimate of drug-likeness (QED) is 0.722. The smallest absolute Gasteiger partial charge is 0.325 e. The molecule has 0 heterocycles. The number of benzene rings is 1. The average molecular weight is 219 g/mol. The summed E-state index contributed by atoms with van der Waals surface area (Å²) in [5.74, 6) is 0. The molecule has 82 valence electrons. The minimum Gasteiger partial charge on any atom is -0.325 e. The normalized spacial score (nSPS) is 30.3. The van der Waals surface area contributed by atoms with Gasteiger partial charge in [0.15, 0.2) is 5.67 Å². The molecule has 2 atom stereocenters. The van der Waals surface area contributed by atoms with Crippen molar-refractivity contribution in [3.05, 3.63) is 35.4 Å². The highest BCUT2D eigenvalue weighted by atomic mass is 19.4. The minimum atomic E-state index is -4.38. The van der Waals surface area contributed by atoms with Crippen LogP contribution < -0.4 is 5.73 Å². The van der Waals surface area contributed by atoms with Gasteiger partial charge in [-0.15, -0.1) is 0 Å². The molecule has 0 bridgehead atoms. The maximum Gasteiger partial charge on any atom is 0.416 e. The van der Waals surface area contributed by atoms with Gasteiger partial charge in [-0.05, 0) is 17.7 Å². The van der Waals surface area contributed by atoms with Crippen LogP contribution >= 0.6 is 0 Å². The Morgan fingerprint density at radius 3 is 2.00 bits per heavy atom. The minimum absolute atomic E-state index is 0.179.